The van der Waals surface area contributed by atoms with E-state index in [0.29, 0.717) is 0 Å². The van der Waals surface area contributed by atoms with Gasteiger partial charge in [0, 0.05) is 26.7 Å². The van der Waals surface area contributed by atoms with Gasteiger partial charge in [-0.25, -0.2) is 0 Å². The van der Waals surface area contributed by atoms with Crippen LogP contribution < -0.4 is 0 Å². The second-order valence-electron chi connectivity index (χ2n) is 0.400. The molecule has 0 saturated heterocycles. The average Bonchev–Trinajstić information content (AvgIpc) is 1.73. The summed E-state index contributed by atoms with van der Waals surface area (Å²) in [6.07, 6.45) is 0. The zero-order valence-corrected chi connectivity index (χ0v) is 14.5. The van der Waals surface area contributed by atoms with Crippen LogP contribution in [-0.4, -0.2) is 0 Å². The van der Waals surface area contributed by atoms with Gasteiger partial charge in [0.2, 0.25) is 0 Å². The maximum absolute atomic E-state index is 4.75. The van der Waals surface area contributed by atoms with E-state index in [-0.39, 0.29) is 21.1 Å². The van der Waals surface area contributed by atoms with Crippen molar-refractivity contribution < 1.29 is 36.8 Å². The Morgan fingerprint density at radius 3 is 1.75 bits per heavy atom. The second-order valence-corrected chi connectivity index (χ2v) is 13.9. The fourth-order valence-corrected chi connectivity index (χ4v) is 0. The van der Waals surface area contributed by atoms with Gasteiger partial charge in [0.25, 0.3) is 0 Å². The molecule has 0 aromatic heterocycles. The van der Waals surface area contributed by atoms with Crippen molar-refractivity contribution in [1.82, 2.24) is 0 Å². The number of halogens is 1. The zero-order chi connectivity index (χ0) is 6.28. The van der Waals surface area contributed by atoms with E-state index < -0.39 is 5.59 Å². The summed E-state index contributed by atoms with van der Waals surface area (Å²) in [7, 11) is 4.02. The van der Waals surface area contributed by atoms with Crippen molar-refractivity contribution in [2.75, 3.05) is 0 Å². The third-order valence-electron chi connectivity index (χ3n) is 0.0808. The summed E-state index contributed by atoms with van der Waals surface area (Å²) in [5, 5.41) is 0. The molecule has 0 aliphatic rings. The normalized spacial score (nSPS) is 11.1. The SMILES string of the molecule is S=[PH](S)PI.[S]=[V].[W]. The Morgan fingerprint density at radius 2 is 1.75 bits per heavy atom. The van der Waals surface area contributed by atoms with Crippen molar-refractivity contribution >= 4 is 67.9 Å². The minimum atomic E-state index is -0.582. The van der Waals surface area contributed by atoms with Gasteiger partial charge >= 0.3 is 26.0 Å². The van der Waals surface area contributed by atoms with Gasteiger partial charge in [0.1, 0.15) is 0 Å². The largest absolute Gasteiger partial charge is 0 e. The molecular weight excluding hydrogens is 520 g/mol. The average molecular weight is 523 g/mol. The van der Waals surface area contributed by atoms with Gasteiger partial charge in [0.05, 0.1) is 0 Å². The predicted octanol–water partition coefficient (Wildman–Crippen LogP) is 3.09. The van der Waals surface area contributed by atoms with Crippen LogP contribution in [0.1, 0.15) is 0 Å². The third kappa shape index (κ3) is 22.6. The molecular formula is H3IP2S3VW. The van der Waals surface area contributed by atoms with Gasteiger partial charge in [-0.3, -0.25) is 0 Å². The molecule has 0 heterocycles. The summed E-state index contributed by atoms with van der Waals surface area (Å²) in [5.74, 6) is 0.865. The molecule has 0 N–H and O–H groups in total. The summed E-state index contributed by atoms with van der Waals surface area (Å²) in [6, 6.07) is 0. The summed E-state index contributed by atoms with van der Waals surface area (Å²) in [5.41, 5.74) is -0.582. The van der Waals surface area contributed by atoms with Crippen molar-refractivity contribution in [2.45, 2.75) is 0 Å². The first kappa shape index (κ1) is 17.7. The molecule has 0 aromatic rings. The number of hydrogen-bond acceptors (Lipinski definition) is 2. The Bertz CT molecular complexity index is 61.2. The monoisotopic (exact) mass is 523 g/mol. The van der Waals surface area contributed by atoms with E-state index in [2.05, 4.69) is 44.6 Å². The van der Waals surface area contributed by atoms with Crippen LogP contribution in [0.2, 0.25) is 0 Å². The van der Waals surface area contributed by atoms with Crippen molar-refractivity contribution in [3.8, 4) is 0 Å². The van der Waals surface area contributed by atoms with Crippen molar-refractivity contribution in [2.24, 2.45) is 0 Å². The fourth-order valence-electron chi connectivity index (χ4n) is 0. The summed E-state index contributed by atoms with van der Waals surface area (Å²) < 4.78 is 0. The van der Waals surface area contributed by atoms with E-state index in [0.717, 1.165) is 5.91 Å². The Balaban J connectivity index is -0.0000000750. The van der Waals surface area contributed by atoms with Gasteiger partial charge in [-0.1, -0.05) is 33.8 Å². The molecule has 0 bridgehead atoms. The van der Waals surface area contributed by atoms with E-state index in [4.69, 9.17) is 11.8 Å². The van der Waals surface area contributed by atoms with Crippen molar-refractivity contribution in [3.63, 3.8) is 0 Å². The Morgan fingerprint density at radius 1 is 1.62 bits per heavy atom. The minimum absolute atomic E-state index is 0. The first-order valence-electron chi connectivity index (χ1n) is 1.05. The molecule has 0 rings (SSSR count). The van der Waals surface area contributed by atoms with E-state index in [9.17, 15) is 0 Å². The molecule has 2 unspecified atom stereocenters. The summed E-state index contributed by atoms with van der Waals surface area (Å²) in [6.45, 7) is 0. The van der Waals surface area contributed by atoms with Crippen LogP contribution in [-0.2, 0) is 48.6 Å². The standard InChI is InChI=1S/H3IP2S2.S.V.W/c1-2-3(4)5;;;/h2-3H,(H,4,5);;;. The maximum atomic E-state index is 4.75. The Hall–Kier alpha value is 3.65. The van der Waals surface area contributed by atoms with E-state index in [1.807, 2.05) is 15.7 Å². The first-order valence-corrected chi connectivity index (χ1v) is 12.2. The molecule has 0 fully saturated rings. The van der Waals surface area contributed by atoms with Crippen molar-refractivity contribution in [1.29, 1.82) is 0 Å². The molecule has 0 radical (unpaired) electrons. The molecule has 49 valence electrons. The molecule has 0 nitrogen and oxygen atoms in total. The minimum Gasteiger partial charge on any atom is 0 e. The smallest absolute Gasteiger partial charge is 0 e. The van der Waals surface area contributed by atoms with Gasteiger partial charge in [0.15, 0.2) is 0 Å². The third-order valence-corrected chi connectivity index (χ3v) is 14.6. The summed E-state index contributed by atoms with van der Waals surface area (Å²) >= 11 is 12.9. The Kier molecular flexibility index (Phi) is 37.4. The van der Waals surface area contributed by atoms with Crippen LogP contribution in [0.3, 0.4) is 0 Å². The summed E-state index contributed by atoms with van der Waals surface area (Å²) in [4.78, 5) is 0. The molecule has 0 aromatic carbocycles. The molecule has 0 aliphatic carbocycles. The van der Waals surface area contributed by atoms with Gasteiger partial charge in [-0.2, -0.15) is 0 Å². The van der Waals surface area contributed by atoms with Gasteiger partial charge < -0.3 is 0 Å². The fraction of sp³-hybridized carbons (Fsp3) is 0. The quantitative estimate of drug-likeness (QED) is 0.319. The second kappa shape index (κ2) is 16.9. The molecule has 2 atom stereocenters. The van der Waals surface area contributed by atoms with Crippen LogP contribution in [0.15, 0.2) is 0 Å². The first-order chi connectivity index (χ1) is 3.27. The molecule has 8 heteroatoms. The Labute approximate surface area is 103 Å². The number of rotatable bonds is 1. The van der Waals surface area contributed by atoms with E-state index >= 15 is 0 Å². The number of thiol groups is 1. The number of hydrogen-bond donors (Lipinski definition) is 1. The molecule has 0 amide bonds. The maximum Gasteiger partial charge on any atom is 0 e. The van der Waals surface area contributed by atoms with E-state index in [1.54, 1.807) is 0 Å². The van der Waals surface area contributed by atoms with Crippen LogP contribution in [0, 0.1) is 0 Å². The molecule has 0 saturated carbocycles. The zero-order valence-electron chi connectivity index (χ0n) is 3.50. The molecule has 8 heavy (non-hydrogen) atoms. The van der Waals surface area contributed by atoms with Gasteiger partial charge in [-0.05, 0) is 5.91 Å². The molecule has 0 spiro atoms. The van der Waals surface area contributed by atoms with Crippen LogP contribution >= 0.6 is 56.1 Å². The van der Waals surface area contributed by atoms with Gasteiger partial charge in [-0.15, -0.1) is 12.2 Å². The molecule has 0 aliphatic heterocycles. The predicted molar refractivity (Wildman–Crippen MR) is 54.6 cm³/mol. The van der Waals surface area contributed by atoms with E-state index in [1.165, 1.54) is 0 Å². The topological polar surface area (TPSA) is 0 Å². The van der Waals surface area contributed by atoms with Crippen LogP contribution in [0.25, 0.3) is 0 Å². The van der Waals surface area contributed by atoms with Crippen LogP contribution in [0.5, 0.6) is 0 Å². The van der Waals surface area contributed by atoms with Crippen LogP contribution in [0.4, 0.5) is 0 Å². The van der Waals surface area contributed by atoms with Crippen molar-refractivity contribution in [3.05, 3.63) is 0 Å².